The van der Waals surface area contributed by atoms with Crippen molar-refractivity contribution >= 4 is 29.6 Å². The molecular formula is C24H28N4O5. The lowest BCUT2D eigenvalue weighted by Gasteiger charge is -2.10. The van der Waals surface area contributed by atoms with Gasteiger partial charge in [-0.15, -0.1) is 0 Å². The van der Waals surface area contributed by atoms with Crippen molar-refractivity contribution in [1.82, 2.24) is 10.7 Å². The summed E-state index contributed by atoms with van der Waals surface area (Å²) < 4.78 is 10.9. The summed E-state index contributed by atoms with van der Waals surface area (Å²) in [6.07, 6.45) is 3.20. The molecule has 1 fully saturated rings. The molecule has 0 aliphatic carbocycles. The Labute approximate surface area is 192 Å². The number of hydrogen-bond acceptors (Lipinski definition) is 6. The predicted molar refractivity (Wildman–Crippen MR) is 124 cm³/mol. The Morgan fingerprint density at radius 3 is 2.64 bits per heavy atom. The number of ether oxygens (including phenoxy) is 2. The Bertz CT molecular complexity index is 1010. The van der Waals surface area contributed by atoms with Gasteiger partial charge in [0, 0.05) is 18.8 Å². The average Bonchev–Trinajstić information content (AvgIpc) is 3.33. The van der Waals surface area contributed by atoms with Crippen molar-refractivity contribution in [3.05, 3.63) is 59.2 Å². The van der Waals surface area contributed by atoms with Crippen molar-refractivity contribution < 1.29 is 23.9 Å². The molecule has 1 aliphatic rings. The van der Waals surface area contributed by atoms with Gasteiger partial charge >= 0.3 is 11.8 Å². The second kappa shape index (κ2) is 11.8. The minimum atomic E-state index is -0.848. The number of amides is 3. The third-order valence-electron chi connectivity index (χ3n) is 5.02. The maximum absolute atomic E-state index is 12.2. The van der Waals surface area contributed by atoms with Gasteiger partial charge in [-0.2, -0.15) is 5.10 Å². The fourth-order valence-corrected chi connectivity index (χ4v) is 3.16. The van der Waals surface area contributed by atoms with Crippen LogP contribution < -0.4 is 20.8 Å². The maximum atomic E-state index is 12.2. The normalized spacial score (nSPS) is 15.3. The first kappa shape index (κ1) is 23.9. The van der Waals surface area contributed by atoms with Gasteiger partial charge in [-0.25, -0.2) is 5.43 Å². The largest absolute Gasteiger partial charge is 0.484 e. The number of aryl methyl sites for hydroxylation is 2. The van der Waals surface area contributed by atoms with Crippen molar-refractivity contribution in [2.24, 2.45) is 5.10 Å². The van der Waals surface area contributed by atoms with Gasteiger partial charge in [-0.05, 0) is 73.7 Å². The number of nitrogens with one attached hydrogen (secondary N) is 3. The van der Waals surface area contributed by atoms with Crippen LogP contribution in [-0.4, -0.2) is 49.8 Å². The van der Waals surface area contributed by atoms with Crippen molar-refractivity contribution in [2.45, 2.75) is 32.8 Å². The van der Waals surface area contributed by atoms with Crippen LogP contribution in [0.5, 0.6) is 5.75 Å². The molecule has 3 amide bonds. The zero-order chi connectivity index (χ0) is 23.6. The molecule has 0 unspecified atom stereocenters. The van der Waals surface area contributed by atoms with E-state index in [9.17, 15) is 14.4 Å². The summed E-state index contributed by atoms with van der Waals surface area (Å²) in [6.45, 7) is 4.75. The van der Waals surface area contributed by atoms with Gasteiger partial charge in [0.2, 0.25) is 0 Å². The molecule has 1 saturated heterocycles. The van der Waals surface area contributed by atoms with Gasteiger partial charge in [0.25, 0.3) is 5.91 Å². The van der Waals surface area contributed by atoms with E-state index in [2.05, 4.69) is 21.2 Å². The molecule has 9 heteroatoms. The predicted octanol–water partition coefficient (Wildman–Crippen LogP) is 2.07. The van der Waals surface area contributed by atoms with Crippen LogP contribution >= 0.6 is 0 Å². The first-order valence-electron chi connectivity index (χ1n) is 10.7. The van der Waals surface area contributed by atoms with E-state index in [1.165, 1.54) is 6.21 Å². The first-order valence-corrected chi connectivity index (χ1v) is 10.7. The highest BCUT2D eigenvalue weighted by Gasteiger charge is 2.18. The highest BCUT2D eigenvalue weighted by atomic mass is 16.5. The molecule has 0 spiro atoms. The number of hydrazone groups is 1. The number of carbonyl (C=O) groups is 3. The van der Waals surface area contributed by atoms with Crippen molar-refractivity contribution in [3.8, 4) is 5.75 Å². The van der Waals surface area contributed by atoms with Crippen molar-refractivity contribution in [2.75, 3.05) is 25.1 Å². The molecule has 1 atom stereocenters. The zero-order valence-electron chi connectivity index (χ0n) is 18.7. The molecule has 3 rings (SSSR count). The highest BCUT2D eigenvalue weighted by molar-refractivity contribution is 6.35. The fourth-order valence-electron chi connectivity index (χ4n) is 3.16. The maximum Gasteiger partial charge on any atom is 0.329 e. The number of anilines is 1. The summed E-state index contributed by atoms with van der Waals surface area (Å²) in [7, 11) is 0. The molecule has 174 valence electrons. The summed E-state index contributed by atoms with van der Waals surface area (Å²) in [5.74, 6) is -1.35. The number of carbonyl (C=O) groups excluding carboxylic acids is 3. The number of hydrogen-bond donors (Lipinski definition) is 3. The van der Waals surface area contributed by atoms with Gasteiger partial charge in [-0.3, -0.25) is 14.4 Å². The first-order chi connectivity index (χ1) is 15.9. The standard InChI is InChI=1S/C24H28N4O5/c1-16-5-6-17(2)21(12-16)27-22(29)15-33-19-9-7-18(8-10-19)13-26-28-24(31)23(30)25-14-20-4-3-11-32-20/h5-10,12-13,20H,3-4,11,14-15H2,1-2H3,(H,25,30)(H,27,29)(H,28,31)/b26-13-/t20-/m0/s1. The quantitative estimate of drug-likeness (QED) is 0.322. The van der Waals surface area contributed by atoms with Crippen molar-refractivity contribution in [3.63, 3.8) is 0 Å². The summed E-state index contributed by atoms with van der Waals surface area (Å²) in [6, 6.07) is 12.6. The third-order valence-corrected chi connectivity index (χ3v) is 5.02. The van der Waals surface area contributed by atoms with E-state index < -0.39 is 11.8 Å². The molecule has 0 bridgehead atoms. The van der Waals surface area contributed by atoms with E-state index in [-0.39, 0.29) is 18.6 Å². The van der Waals surface area contributed by atoms with Crippen LogP contribution in [-0.2, 0) is 19.1 Å². The average molecular weight is 453 g/mol. The van der Waals surface area contributed by atoms with Crippen molar-refractivity contribution in [1.29, 1.82) is 0 Å². The van der Waals surface area contributed by atoms with Gasteiger partial charge in [0.05, 0.1) is 12.3 Å². The summed E-state index contributed by atoms with van der Waals surface area (Å²) >= 11 is 0. The Kier molecular flexibility index (Phi) is 8.54. The van der Waals surface area contributed by atoms with E-state index in [4.69, 9.17) is 9.47 Å². The zero-order valence-corrected chi connectivity index (χ0v) is 18.7. The van der Waals surface area contributed by atoms with Crippen LogP contribution in [0.3, 0.4) is 0 Å². The molecule has 1 heterocycles. The fraction of sp³-hybridized carbons (Fsp3) is 0.333. The molecule has 0 saturated carbocycles. The second-order valence-electron chi connectivity index (χ2n) is 7.77. The Morgan fingerprint density at radius 1 is 1.12 bits per heavy atom. The van der Waals surface area contributed by atoms with Crippen LogP contribution in [0.4, 0.5) is 5.69 Å². The minimum Gasteiger partial charge on any atom is -0.484 e. The Balaban J connectivity index is 1.39. The molecular weight excluding hydrogens is 424 g/mol. The molecule has 33 heavy (non-hydrogen) atoms. The number of benzene rings is 2. The van der Waals surface area contributed by atoms with E-state index in [1.807, 2.05) is 32.0 Å². The topological polar surface area (TPSA) is 118 Å². The summed E-state index contributed by atoms with van der Waals surface area (Å²) in [5.41, 5.74) is 5.67. The summed E-state index contributed by atoms with van der Waals surface area (Å²) in [4.78, 5) is 35.7. The lowest BCUT2D eigenvalue weighted by atomic mass is 10.1. The van der Waals surface area contributed by atoms with Gasteiger partial charge in [-0.1, -0.05) is 12.1 Å². The van der Waals surface area contributed by atoms with Gasteiger partial charge in [0.1, 0.15) is 5.75 Å². The molecule has 2 aromatic rings. The van der Waals surface area contributed by atoms with Gasteiger partial charge < -0.3 is 20.1 Å². The summed E-state index contributed by atoms with van der Waals surface area (Å²) in [5, 5.41) is 9.15. The van der Waals surface area contributed by atoms with Crippen LogP contribution in [0, 0.1) is 13.8 Å². The number of nitrogens with zero attached hydrogens (tertiary/aromatic N) is 1. The van der Waals surface area contributed by atoms with Crippen LogP contribution in [0.25, 0.3) is 0 Å². The van der Waals surface area contributed by atoms with Crippen LogP contribution in [0.15, 0.2) is 47.6 Å². The molecule has 2 aromatic carbocycles. The molecule has 9 nitrogen and oxygen atoms in total. The van der Waals surface area contributed by atoms with Crippen LogP contribution in [0.1, 0.15) is 29.5 Å². The Morgan fingerprint density at radius 2 is 1.91 bits per heavy atom. The smallest absolute Gasteiger partial charge is 0.329 e. The Hall–Kier alpha value is -3.72. The van der Waals surface area contributed by atoms with E-state index >= 15 is 0 Å². The molecule has 0 radical (unpaired) electrons. The van der Waals surface area contributed by atoms with Gasteiger partial charge in [0.15, 0.2) is 6.61 Å². The monoisotopic (exact) mass is 452 g/mol. The van der Waals surface area contributed by atoms with Crippen LogP contribution in [0.2, 0.25) is 0 Å². The lowest BCUT2D eigenvalue weighted by Crippen LogP contribution is -2.41. The molecule has 3 N–H and O–H groups in total. The second-order valence-corrected chi connectivity index (χ2v) is 7.77. The molecule has 1 aliphatic heterocycles. The highest BCUT2D eigenvalue weighted by Crippen LogP contribution is 2.17. The minimum absolute atomic E-state index is 0.0382. The lowest BCUT2D eigenvalue weighted by molar-refractivity contribution is -0.139. The van der Waals surface area contributed by atoms with E-state index in [0.717, 1.165) is 29.7 Å². The van der Waals surface area contributed by atoms with E-state index in [0.29, 0.717) is 24.5 Å². The SMILES string of the molecule is Cc1ccc(C)c(NC(=O)COc2ccc(/C=N\NC(=O)C(=O)NC[C@@H]3CCCO3)cc2)c1. The van der Waals surface area contributed by atoms with E-state index in [1.54, 1.807) is 24.3 Å². The third kappa shape index (κ3) is 7.73. The molecule has 0 aromatic heterocycles. The number of rotatable bonds is 8.